The maximum absolute atomic E-state index is 12.8. The highest BCUT2D eigenvalue weighted by Gasteiger charge is 2.31. The fraction of sp³-hybridized carbons (Fsp3) is 0.765. The van der Waals surface area contributed by atoms with Gasteiger partial charge in [0, 0.05) is 39.3 Å². The second-order valence-corrected chi connectivity index (χ2v) is 9.21. The summed E-state index contributed by atoms with van der Waals surface area (Å²) in [6.45, 7) is 4.02. The number of nitrogens with one attached hydrogen (secondary N) is 1. The van der Waals surface area contributed by atoms with Crippen molar-refractivity contribution in [3.05, 3.63) is 11.9 Å². The van der Waals surface area contributed by atoms with Crippen molar-refractivity contribution >= 4 is 15.9 Å². The van der Waals surface area contributed by atoms with Crippen LogP contribution in [-0.4, -0.2) is 72.1 Å². The summed E-state index contributed by atoms with van der Waals surface area (Å²) >= 11 is 0. The van der Waals surface area contributed by atoms with E-state index in [1.807, 2.05) is 4.90 Å². The number of hydrogen-bond acceptors (Lipinski definition) is 5. The molecule has 1 aliphatic heterocycles. The number of carbonyl (C=O) groups is 1. The van der Waals surface area contributed by atoms with Gasteiger partial charge in [-0.2, -0.15) is 9.40 Å². The molecule has 3 rings (SSSR count). The fourth-order valence-corrected chi connectivity index (χ4v) is 5.33. The molecule has 1 aromatic rings. The Balaban J connectivity index is 1.50. The average molecular weight is 384 g/mol. The van der Waals surface area contributed by atoms with Crippen LogP contribution in [0.4, 0.5) is 0 Å². The highest BCUT2D eigenvalue weighted by molar-refractivity contribution is 7.89. The second kappa shape index (κ2) is 8.06. The van der Waals surface area contributed by atoms with Gasteiger partial charge in [0.05, 0.1) is 18.4 Å². The number of piperazine rings is 1. The number of sulfonamides is 1. The Morgan fingerprint density at radius 1 is 1.19 bits per heavy atom. The third-order valence-corrected chi connectivity index (χ3v) is 7.48. The molecule has 146 valence electrons. The Bertz CT molecular complexity index is 732. The molecule has 1 saturated heterocycles. The fourth-order valence-electron chi connectivity index (χ4n) is 3.72. The van der Waals surface area contributed by atoms with E-state index in [2.05, 4.69) is 10.4 Å². The van der Waals surface area contributed by atoms with Crippen LogP contribution in [0.5, 0.6) is 0 Å². The molecule has 1 aromatic heterocycles. The maximum atomic E-state index is 12.8. The standard InChI is InChI=1S/C17H29N5O3S/c1-14-16(12-18-20(14)2)26(24,25)22-10-8-21(9-11-22)13-17(23)19-15-6-4-3-5-7-15/h12,15H,3-11,13H2,1-2H3,(H,19,23). The number of aromatic nitrogens is 2. The lowest BCUT2D eigenvalue weighted by Crippen LogP contribution is -2.52. The van der Waals surface area contributed by atoms with Gasteiger partial charge in [-0.05, 0) is 19.8 Å². The summed E-state index contributed by atoms with van der Waals surface area (Å²) in [4.78, 5) is 14.5. The quantitative estimate of drug-likeness (QED) is 0.799. The zero-order valence-electron chi connectivity index (χ0n) is 15.6. The van der Waals surface area contributed by atoms with Crippen LogP contribution in [0.2, 0.25) is 0 Å². The molecule has 26 heavy (non-hydrogen) atoms. The molecule has 9 heteroatoms. The van der Waals surface area contributed by atoms with Crippen molar-refractivity contribution in [2.45, 2.75) is 50.0 Å². The molecule has 0 radical (unpaired) electrons. The first kappa shape index (κ1) is 19.3. The zero-order chi connectivity index (χ0) is 18.7. The SMILES string of the molecule is Cc1c(S(=O)(=O)N2CCN(CC(=O)NC3CCCCC3)CC2)cnn1C. The predicted octanol–water partition coefficient (Wildman–Crippen LogP) is 0.484. The van der Waals surface area contributed by atoms with Crippen LogP contribution in [-0.2, 0) is 21.9 Å². The van der Waals surface area contributed by atoms with Crippen molar-refractivity contribution in [2.75, 3.05) is 32.7 Å². The van der Waals surface area contributed by atoms with Gasteiger partial charge < -0.3 is 5.32 Å². The molecule has 8 nitrogen and oxygen atoms in total. The predicted molar refractivity (Wildman–Crippen MR) is 98.2 cm³/mol. The number of nitrogens with zero attached hydrogens (tertiary/aromatic N) is 4. The van der Waals surface area contributed by atoms with E-state index in [1.165, 1.54) is 29.8 Å². The van der Waals surface area contributed by atoms with E-state index < -0.39 is 10.0 Å². The van der Waals surface area contributed by atoms with Gasteiger partial charge in [0.25, 0.3) is 0 Å². The summed E-state index contributed by atoms with van der Waals surface area (Å²) in [6.07, 6.45) is 7.20. The van der Waals surface area contributed by atoms with E-state index in [9.17, 15) is 13.2 Å². The summed E-state index contributed by atoms with van der Waals surface area (Å²) in [6, 6.07) is 0.312. The van der Waals surface area contributed by atoms with Gasteiger partial charge in [-0.25, -0.2) is 8.42 Å². The van der Waals surface area contributed by atoms with E-state index >= 15 is 0 Å². The van der Waals surface area contributed by atoms with Crippen molar-refractivity contribution < 1.29 is 13.2 Å². The van der Waals surface area contributed by atoms with Crippen molar-refractivity contribution in [3.8, 4) is 0 Å². The first-order valence-electron chi connectivity index (χ1n) is 9.38. The number of carbonyl (C=O) groups excluding carboxylic acids is 1. The molecular weight excluding hydrogens is 354 g/mol. The van der Waals surface area contributed by atoms with Crippen LogP contribution in [0.25, 0.3) is 0 Å². The van der Waals surface area contributed by atoms with E-state index in [0.717, 1.165) is 12.8 Å². The van der Waals surface area contributed by atoms with Crippen LogP contribution >= 0.6 is 0 Å². The molecule has 0 atom stereocenters. The smallest absolute Gasteiger partial charge is 0.246 e. The Hall–Kier alpha value is -1.45. The molecule has 0 aromatic carbocycles. The van der Waals surface area contributed by atoms with E-state index in [4.69, 9.17) is 0 Å². The molecule has 1 amide bonds. The topological polar surface area (TPSA) is 87.5 Å². The van der Waals surface area contributed by atoms with Crippen LogP contribution in [0.1, 0.15) is 37.8 Å². The Labute approximate surface area is 155 Å². The summed E-state index contributed by atoms with van der Waals surface area (Å²) < 4.78 is 28.6. The summed E-state index contributed by atoms with van der Waals surface area (Å²) in [5.41, 5.74) is 0.638. The van der Waals surface area contributed by atoms with Gasteiger partial charge >= 0.3 is 0 Å². The van der Waals surface area contributed by atoms with E-state index in [0.29, 0.717) is 44.5 Å². The van der Waals surface area contributed by atoms with Crippen molar-refractivity contribution in [3.63, 3.8) is 0 Å². The number of hydrogen-bond donors (Lipinski definition) is 1. The zero-order valence-corrected chi connectivity index (χ0v) is 16.5. The molecule has 0 spiro atoms. The first-order chi connectivity index (χ1) is 12.4. The summed E-state index contributed by atoms with van der Waals surface area (Å²) in [7, 11) is -1.79. The molecule has 0 unspecified atom stereocenters. The molecule has 1 N–H and O–H groups in total. The lowest BCUT2D eigenvalue weighted by Gasteiger charge is -2.34. The van der Waals surface area contributed by atoms with Crippen molar-refractivity contribution in [1.82, 2.24) is 24.3 Å². The highest BCUT2D eigenvalue weighted by Crippen LogP contribution is 2.20. The first-order valence-corrected chi connectivity index (χ1v) is 10.8. The minimum atomic E-state index is -3.52. The van der Waals surface area contributed by atoms with Gasteiger partial charge in [-0.3, -0.25) is 14.4 Å². The van der Waals surface area contributed by atoms with Crippen LogP contribution in [0.15, 0.2) is 11.1 Å². The molecule has 2 heterocycles. The van der Waals surface area contributed by atoms with Crippen molar-refractivity contribution in [2.24, 2.45) is 7.05 Å². The largest absolute Gasteiger partial charge is 0.352 e. The third-order valence-electron chi connectivity index (χ3n) is 5.48. The van der Waals surface area contributed by atoms with Crippen LogP contribution in [0.3, 0.4) is 0 Å². The van der Waals surface area contributed by atoms with Gasteiger partial charge in [-0.1, -0.05) is 19.3 Å². The van der Waals surface area contributed by atoms with Gasteiger partial charge in [0.1, 0.15) is 4.90 Å². The number of aryl methyl sites for hydroxylation is 1. The molecule has 2 fully saturated rings. The number of amides is 1. The van der Waals surface area contributed by atoms with Crippen molar-refractivity contribution in [1.29, 1.82) is 0 Å². The third kappa shape index (κ3) is 4.27. The normalized spacial score (nSPS) is 21.0. The Kier molecular flexibility index (Phi) is 5.99. The van der Waals surface area contributed by atoms with E-state index in [-0.39, 0.29) is 10.8 Å². The molecule has 2 aliphatic rings. The minimum Gasteiger partial charge on any atom is -0.352 e. The lowest BCUT2D eigenvalue weighted by molar-refractivity contribution is -0.123. The maximum Gasteiger partial charge on any atom is 0.246 e. The summed E-state index contributed by atoms with van der Waals surface area (Å²) in [5.74, 6) is 0.0521. The van der Waals surface area contributed by atoms with Crippen LogP contribution in [0, 0.1) is 6.92 Å². The average Bonchev–Trinajstić information content (AvgIpc) is 2.96. The van der Waals surface area contributed by atoms with Gasteiger partial charge in [0.2, 0.25) is 15.9 Å². The lowest BCUT2D eigenvalue weighted by atomic mass is 9.95. The monoisotopic (exact) mass is 383 g/mol. The van der Waals surface area contributed by atoms with Crippen LogP contribution < -0.4 is 5.32 Å². The molecule has 1 saturated carbocycles. The molecule has 1 aliphatic carbocycles. The van der Waals surface area contributed by atoms with E-state index in [1.54, 1.807) is 18.7 Å². The minimum absolute atomic E-state index is 0.0521. The second-order valence-electron chi connectivity index (χ2n) is 7.30. The van der Waals surface area contributed by atoms with Gasteiger partial charge in [0.15, 0.2) is 0 Å². The number of rotatable bonds is 5. The molecule has 0 bridgehead atoms. The summed E-state index contributed by atoms with van der Waals surface area (Å²) in [5, 5.41) is 7.15. The Morgan fingerprint density at radius 3 is 2.42 bits per heavy atom. The molecular formula is C17H29N5O3S. The highest BCUT2D eigenvalue weighted by atomic mass is 32.2. The van der Waals surface area contributed by atoms with Gasteiger partial charge in [-0.15, -0.1) is 0 Å². The Morgan fingerprint density at radius 2 is 1.85 bits per heavy atom.